The van der Waals surface area contributed by atoms with Crippen molar-refractivity contribution in [1.82, 2.24) is 4.90 Å². The Labute approximate surface area is 128 Å². The number of aliphatic hydroxyl groups is 1. The van der Waals surface area contributed by atoms with Crippen molar-refractivity contribution in [2.24, 2.45) is 0 Å². The highest BCUT2D eigenvalue weighted by Crippen LogP contribution is 2.27. The van der Waals surface area contributed by atoms with E-state index < -0.39 is 0 Å². The third-order valence-electron chi connectivity index (χ3n) is 4.80. The SMILES string of the molecule is CC(=O)c1c(C)cc(C)c(CN2CCCCC2CO)c1C. The zero-order valence-corrected chi connectivity index (χ0v) is 13.7. The van der Waals surface area contributed by atoms with Crippen molar-refractivity contribution in [3.8, 4) is 0 Å². The number of benzene rings is 1. The van der Waals surface area contributed by atoms with Crippen LogP contribution in [0.15, 0.2) is 6.07 Å². The van der Waals surface area contributed by atoms with Crippen LogP contribution in [0.5, 0.6) is 0 Å². The van der Waals surface area contributed by atoms with Crippen LogP contribution < -0.4 is 0 Å². The summed E-state index contributed by atoms with van der Waals surface area (Å²) in [7, 11) is 0. The second-order valence-electron chi connectivity index (χ2n) is 6.35. The number of nitrogens with zero attached hydrogens (tertiary/aromatic N) is 1. The van der Waals surface area contributed by atoms with Crippen LogP contribution in [-0.2, 0) is 6.54 Å². The molecule has 0 radical (unpaired) electrons. The number of aliphatic hydroxyl groups excluding tert-OH is 1. The van der Waals surface area contributed by atoms with Gasteiger partial charge in [0, 0.05) is 18.2 Å². The van der Waals surface area contributed by atoms with E-state index in [9.17, 15) is 9.90 Å². The van der Waals surface area contributed by atoms with Crippen molar-refractivity contribution in [1.29, 1.82) is 0 Å². The molecule has 1 unspecified atom stereocenters. The van der Waals surface area contributed by atoms with Crippen LogP contribution in [0.3, 0.4) is 0 Å². The average Bonchev–Trinajstić information content (AvgIpc) is 2.43. The van der Waals surface area contributed by atoms with Gasteiger partial charge in [-0.3, -0.25) is 9.69 Å². The highest BCUT2D eigenvalue weighted by atomic mass is 16.3. The Morgan fingerprint density at radius 1 is 1.29 bits per heavy atom. The second-order valence-corrected chi connectivity index (χ2v) is 6.35. The summed E-state index contributed by atoms with van der Waals surface area (Å²) in [5, 5.41) is 9.57. The minimum absolute atomic E-state index is 0.142. The first-order chi connectivity index (χ1) is 9.95. The van der Waals surface area contributed by atoms with E-state index >= 15 is 0 Å². The molecule has 0 aliphatic carbocycles. The summed E-state index contributed by atoms with van der Waals surface area (Å²) in [5.74, 6) is 0.142. The predicted octanol–water partition coefficient (Wildman–Crippen LogP) is 3.16. The molecule has 1 fully saturated rings. The van der Waals surface area contributed by atoms with Crippen LogP contribution in [0, 0.1) is 20.8 Å². The molecule has 1 aromatic rings. The van der Waals surface area contributed by atoms with Crippen molar-refractivity contribution in [2.45, 2.75) is 59.5 Å². The smallest absolute Gasteiger partial charge is 0.160 e. The lowest BCUT2D eigenvalue weighted by Crippen LogP contribution is -2.41. The molecule has 0 saturated carbocycles. The van der Waals surface area contributed by atoms with Crippen molar-refractivity contribution >= 4 is 5.78 Å². The number of Topliss-reactive ketones (excluding diaryl/α,β-unsaturated/α-hetero) is 1. The number of hydrogen-bond donors (Lipinski definition) is 1. The second kappa shape index (κ2) is 6.71. The van der Waals surface area contributed by atoms with Crippen LogP contribution in [0.1, 0.15) is 58.8 Å². The number of likely N-dealkylation sites (tertiary alicyclic amines) is 1. The van der Waals surface area contributed by atoms with Gasteiger partial charge in [-0.1, -0.05) is 12.5 Å². The Morgan fingerprint density at radius 2 is 2.00 bits per heavy atom. The number of aryl methyl sites for hydroxylation is 2. The Hall–Kier alpha value is -1.19. The summed E-state index contributed by atoms with van der Waals surface area (Å²) in [5.41, 5.74) is 5.55. The molecule has 0 amide bonds. The van der Waals surface area contributed by atoms with Crippen LogP contribution >= 0.6 is 0 Å². The van der Waals surface area contributed by atoms with Gasteiger partial charge >= 0.3 is 0 Å². The molecule has 0 aromatic heterocycles. The fourth-order valence-electron chi connectivity index (χ4n) is 3.69. The summed E-state index contributed by atoms with van der Waals surface area (Å²) in [6.45, 7) is 9.94. The largest absolute Gasteiger partial charge is 0.395 e. The maximum Gasteiger partial charge on any atom is 0.160 e. The lowest BCUT2D eigenvalue weighted by Gasteiger charge is -2.35. The summed E-state index contributed by atoms with van der Waals surface area (Å²) >= 11 is 0. The monoisotopic (exact) mass is 289 g/mol. The molecule has 1 heterocycles. The van der Waals surface area contributed by atoms with Gasteiger partial charge in [-0.15, -0.1) is 0 Å². The Morgan fingerprint density at radius 3 is 2.62 bits per heavy atom. The Bertz CT molecular complexity index is 537. The topological polar surface area (TPSA) is 40.5 Å². The number of carbonyl (C=O) groups excluding carboxylic acids is 1. The summed E-state index contributed by atoms with van der Waals surface area (Å²) in [4.78, 5) is 14.3. The number of ketones is 1. The molecule has 1 atom stereocenters. The van der Waals surface area contributed by atoms with Gasteiger partial charge in [-0.05, 0) is 69.3 Å². The third-order valence-corrected chi connectivity index (χ3v) is 4.80. The Balaban J connectivity index is 2.35. The van der Waals surface area contributed by atoms with Crippen molar-refractivity contribution < 1.29 is 9.90 Å². The standard InChI is InChI=1S/C18H27NO2/c1-12-9-13(2)18(15(4)21)14(3)17(12)10-19-8-6-5-7-16(19)11-20/h9,16,20H,5-8,10-11H2,1-4H3. The first-order valence-corrected chi connectivity index (χ1v) is 7.91. The summed E-state index contributed by atoms with van der Waals surface area (Å²) < 4.78 is 0. The van der Waals surface area contributed by atoms with E-state index in [1.54, 1.807) is 6.92 Å². The van der Waals surface area contributed by atoms with Gasteiger partial charge in [0.15, 0.2) is 5.78 Å². The van der Waals surface area contributed by atoms with Gasteiger partial charge < -0.3 is 5.11 Å². The van der Waals surface area contributed by atoms with E-state index in [4.69, 9.17) is 0 Å². The molecule has 0 spiro atoms. The van der Waals surface area contributed by atoms with E-state index in [2.05, 4.69) is 24.8 Å². The normalized spacial score (nSPS) is 19.8. The highest BCUT2D eigenvalue weighted by molar-refractivity contribution is 5.97. The molecule has 1 aliphatic rings. The molecule has 116 valence electrons. The lowest BCUT2D eigenvalue weighted by atomic mass is 9.90. The number of carbonyl (C=O) groups is 1. The molecule has 21 heavy (non-hydrogen) atoms. The van der Waals surface area contributed by atoms with Crippen LogP contribution in [-0.4, -0.2) is 35.0 Å². The van der Waals surface area contributed by atoms with E-state index in [1.807, 2.05) is 6.92 Å². The van der Waals surface area contributed by atoms with E-state index in [-0.39, 0.29) is 18.4 Å². The maximum absolute atomic E-state index is 11.9. The summed E-state index contributed by atoms with van der Waals surface area (Å²) in [6, 6.07) is 2.39. The van der Waals surface area contributed by atoms with Crippen molar-refractivity contribution in [3.05, 3.63) is 33.9 Å². The fourth-order valence-corrected chi connectivity index (χ4v) is 3.69. The van der Waals surface area contributed by atoms with E-state index in [0.717, 1.165) is 36.2 Å². The average molecular weight is 289 g/mol. The molecule has 1 saturated heterocycles. The van der Waals surface area contributed by atoms with Crippen LogP contribution in [0.4, 0.5) is 0 Å². The molecule has 1 aromatic carbocycles. The number of piperidine rings is 1. The first-order valence-electron chi connectivity index (χ1n) is 7.91. The summed E-state index contributed by atoms with van der Waals surface area (Å²) in [6.07, 6.45) is 3.46. The van der Waals surface area contributed by atoms with Crippen LogP contribution in [0.2, 0.25) is 0 Å². The number of hydrogen-bond acceptors (Lipinski definition) is 3. The molecular weight excluding hydrogens is 262 g/mol. The minimum atomic E-state index is 0.142. The predicted molar refractivity (Wildman–Crippen MR) is 85.8 cm³/mol. The zero-order chi connectivity index (χ0) is 15.6. The fraction of sp³-hybridized carbons (Fsp3) is 0.611. The van der Waals surface area contributed by atoms with Gasteiger partial charge in [0.1, 0.15) is 0 Å². The van der Waals surface area contributed by atoms with Crippen LogP contribution in [0.25, 0.3) is 0 Å². The van der Waals surface area contributed by atoms with Gasteiger partial charge in [0.25, 0.3) is 0 Å². The zero-order valence-electron chi connectivity index (χ0n) is 13.7. The number of rotatable bonds is 4. The lowest BCUT2D eigenvalue weighted by molar-refractivity contribution is 0.0837. The molecule has 3 nitrogen and oxygen atoms in total. The van der Waals surface area contributed by atoms with Gasteiger partial charge in [0.05, 0.1) is 6.61 Å². The van der Waals surface area contributed by atoms with E-state index in [1.165, 1.54) is 24.0 Å². The Kier molecular flexibility index (Phi) is 5.17. The molecule has 3 heteroatoms. The molecule has 1 N–H and O–H groups in total. The molecular formula is C18H27NO2. The van der Waals surface area contributed by atoms with Crippen molar-refractivity contribution in [3.63, 3.8) is 0 Å². The molecule has 2 rings (SSSR count). The van der Waals surface area contributed by atoms with Gasteiger partial charge in [0.2, 0.25) is 0 Å². The van der Waals surface area contributed by atoms with Gasteiger partial charge in [-0.25, -0.2) is 0 Å². The first kappa shape index (κ1) is 16.2. The highest BCUT2D eigenvalue weighted by Gasteiger charge is 2.24. The van der Waals surface area contributed by atoms with E-state index in [0.29, 0.717) is 0 Å². The van der Waals surface area contributed by atoms with Gasteiger partial charge in [-0.2, -0.15) is 0 Å². The quantitative estimate of drug-likeness (QED) is 0.866. The van der Waals surface area contributed by atoms with Crippen molar-refractivity contribution in [2.75, 3.05) is 13.2 Å². The maximum atomic E-state index is 11.9. The third kappa shape index (κ3) is 3.35. The minimum Gasteiger partial charge on any atom is -0.395 e. The molecule has 0 bridgehead atoms. The molecule has 1 aliphatic heterocycles.